The molecule has 0 saturated heterocycles. The average molecular weight is 429 g/mol. The number of para-hydroxylation sites is 1. The molecule has 3 aromatic carbocycles. The summed E-state index contributed by atoms with van der Waals surface area (Å²) in [6.07, 6.45) is 0.586. The Balaban J connectivity index is 1.67. The first-order valence-corrected chi connectivity index (χ1v) is 10.7. The Bertz CT molecular complexity index is 1220. The van der Waals surface area contributed by atoms with Gasteiger partial charge in [0, 0.05) is 16.5 Å². The third-order valence-corrected chi connectivity index (χ3v) is 6.06. The zero-order valence-electron chi connectivity index (χ0n) is 17.0. The number of aryl methyl sites for hydroxylation is 1. The van der Waals surface area contributed by atoms with Gasteiger partial charge in [-0.05, 0) is 48.7 Å². The van der Waals surface area contributed by atoms with Crippen LogP contribution >= 0.6 is 11.6 Å². The lowest BCUT2D eigenvalue weighted by molar-refractivity contribution is -0.141. The molecule has 0 amide bonds. The molecule has 4 aromatic rings. The summed E-state index contributed by atoms with van der Waals surface area (Å²) in [5, 5.41) is 5.41. The van der Waals surface area contributed by atoms with E-state index in [0.717, 1.165) is 28.1 Å². The van der Waals surface area contributed by atoms with Gasteiger partial charge in [0.05, 0.1) is 17.3 Å². The first kappa shape index (κ1) is 19.6. The quantitative estimate of drug-likeness (QED) is 0.389. The lowest BCUT2D eigenvalue weighted by Crippen LogP contribution is -2.34. The van der Waals surface area contributed by atoms with E-state index in [4.69, 9.17) is 21.4 Å². The molecule has 5 rings (SSSR count). The molecule has 0 saturated carbocycles. The van der Waals surface area contributed by atoms with Gasteiger partial charge in [-0.15, -0.1) is 0 Å². The molecule has 4 nitrogen and oxygen atoms in total. The maximum absolute atomic E-state index is 13.3. The summed E-state index contributed by atoms with van der Waals surface area (Å²) in [7, 11) is 0. The first-order chi connectivity index (χ1) is 15.1. The van der Waals surface area contributed by atoms with Gasteiger partial charge in [0.2, 0.25) is 5.88 Å². The largest absolute Gasteiger partial charge is 0.407 e. The predicted molar refractivity (Wildman–Crippen MR) is 121 cm³/mol. The second kappa shape index (κ2) is 8.05. The standard InChI is InChI=1S/C26H21ClN2O2/c1-17-23-24(19-12-14-20(27)15-13-19)22(16-18-8-4-2-5-9-18)26(30)31-25(23)29(28-17)21-10-6-3-7-11-21/h2-15,22,24H,16H2,1H3/t22-,24+/m0/s1. The van der Waals surface area contributed by atoms with Crippen LogP contribution in [-0.2, 0) is 11.2 Å². The Morgan fingerprint density at radius 2 is 1.58 bits per heavy atom. The number of benzene rings is 3. The van der Waals surface area contributed by atoms with E-state index in [1.807, 2.05) is 91.9 Å². The molecule has 0 spiro atoms. The maximum atomic E-state index is 13.3. The number of hydrogen-bond acceptors (Lipinski definition) is 3. The molecule has 0 unspecified atom stereocenters. The number of esters is 1. The van der Waals surface area contributed by atoms with Crippen LogP contribution in [0.2, 0.25) is 5.02 Å². The number of hydrogen-bond donors (Lipinski definition) is 0. The third-order valence-electron chi connectivity index (χ3n) is 5.80. The smallest absolute Gasteiger partial charge is 0.316 e. The van der Waals surface area contributed by atoms with Gasteiger partial charge in [-0.1, -0.05) is 72.3 Å². The lowest BCUT2D eigenvalue weighted by Gasteiger charge is -2.31. The molecule has 0 N–H and O–H groups in total. The Morgan fingerprint density at radius 3 is 2.26 bits per heavy atom. The zero-order valence-corrected chi connectivity index (χ0v) is 17.8. The van der Waals surface area contributed by atoms with Gasteiger partial charge in [-0.2, -0.15) is 5.10 Å². The minimum absolute atomic E-state index is 0.175. The number of nitrogens with zero attached hydrogens (tertiary/aromatic N) is 2. The van der Waals surface area contributed by atoms with Gasteiger partial charge in [0.1, 0.15) is 0 Å². The van der Waals surface area contributed by atoms with Gasteiger partial charge in [-0.25, -0.2) is 4.68 Å². The van der Waals surface area contributed by atoms with E-state index < -0.39 is 0 Å². The van der Waals surface area contributed by atoms with Crippen LogP contribution in [0, 0.1) is 12.8 Å². The van der Waals surface area contributed by atoms with Gasteiger partial charge in [-0.3, -0.25) is 4.79 Å². The average Bonchev–Trinajstić information content (AvgIpc) is 3.12. The number of aromatic nitrogens is 2. The monoisotopic (exact) mass is 428 g/mol. The summed E-state index contributed by atoms with van der Waals surface area (Å²) in [4.78, 5) is 13.3. The van der Waals surface area contributed by atoms with Gasteiger partial charge in [0.25, 0.3) is 0 Å². The van der Waals surface area contributed by atoms with Crippen molar-refractivity contribution in [3.63, 3.8) is 0 Å². The van der Waals surface area contributed by atoms with Crippen LogP contribution in [0.1, 0.15) is 28.3 Å². The fourth-order valence-electron chi connectivity index (χ4n) is 4.37. The molecule has 0 bridgehead atoms. The van der Waals surface area contributed by atoms with Gasteiger partial charge >= 0.3 is 5.97 Å². The highest BCUT2D eigenvalue weighted by molar-refractivity contribution is 6.30. The van der Waals surface area contributed by atoms with E-state index in [1.54, 1.807) is 4.68 Å². The number of halogens is 1. The van der Waals surface area contributed by atoms with Crippen molar-refractivity contribution in [2.24, 2.45) is 5.92 Å². The van der Waals surface area contributed by atoms with Crippen molar-refractivity contribution in [1.82, 2.24) is 9.78 Å². The number of ether oxygens (including phenoxy) is 1. The molecule has 0 fully saturated rings. The maximum Gasteiger partial charge on any atom is 0.316 e. The summed E-state index contributed by atoms with van der Waals surface area (Å²) >= 11 is 6.15. The Morgan fingerprint density at radius 1 is 0.935 bits per heavy atom. The summed E-state index contributed by atoms with van der Waals surface area (Å²) in [6.45, 7) is 1.97. The van der Waals surface area contributed by atoms with Crippen LogP contribution in [0.4, 0.5) is 0 Å². The molecule has 0 radical (unpaired) electrons. The SMILES string of the molecule is Cc1nn(-c2ccccc2)c2c1[C@H](c1ccc(Cl)cc1)[C@H](Cc1ccccc1)C(=O)O2. The first-order valence-electron chi connectivity index (χ1n) is 10.3. The van der Waals surface area contributed by atoms with Crippen molar-refractivity contribution >= 4 is 17.6 Å². The normalized spacial score (nSPS) is 17.8. The predicted octanol–water partition coefficient (Wildman–Crippen LogP) is 5.74. The van der Waals surface area contributed by atoms with Crippen molar-refractivity contribution in [3.8, 4) is 11.6 Å². The highest BCUT2D eigenvalue weighted by Crippen LogP contribution is 2.46. The van der Waals surface area contributed by atoms with E-state index in [9.17, 15) is 4.79 Å². The molecule has 1 aliphatic rings. The topological polar surface area (TPSA) is 44.1 Å². The Kier molecular flexibility index (Phi) is 5.08. The van der Waals surface area contributed by atoms with Crippen molar-refractivity contribution in [2.45, 2.75) is 19.3 Å². The molecule has 1 aromatic heterocycles. The molecule has 31 heavy (non-hydrogen) atoms. The van der Waals surface area contributed by atoms with E-state index >= 15 is 0 Å². The molecular formula is C26H21ClN2O2. The third kappa shape index (κ3) is 3.64. The van der Waals surface area contributed by atoms with E-state index in [1.165, 1.54) is 0 Å². The molecule has 2 heterocycles. The van der Waals surface area contributed by atoms with Crippen molar-refractivity contribution in [2.75, 3.05) is 0 Å². The molecule has 1 aliphatic heterocycles. The molecule has 154 valence electrons. The van der Waals surface area contributed by atoms with E-state index in [0.29, 0.717) is 17.3 Å². The number of fused-ring (bicyclic) bond motifs is 1. The van der Waals surface area contributed by atoms with Crippen LogP contribution in [0.15, 0.2) is 84.9 Å². The zero-order chi connectivity index (χ0) is 21.4. The van der Waals surface area contributed by atoms with E-state index in [-0.39, 0.29) is 17.8 Å². The van der Waals surface area contributed by atoms with E-state index in [2.05, 4.69) is 0 Å². The molecular weight excluding hydrogens is 408 g/mol. The van der Waals surface area contributed by atoms with Crippen LogP contribution in [0.25, 0.3) is 5.69 Å². The second-order valence-corrected chi connectivity index (χ2v) is 8.23. The van der Waals surface area contributed by atoms with Crippen LogP contribution in [0.3, 0.4) is 0 Å². The van der Waals surface area contributed by atoms with Crippen molar-refractivity contribution in [3.05, 3.63) is 112 Å². The minimum Gasteiger partial charge on any atom is -0.407 e. The highest BCUT2D eigenvalue weighted by atomic mass is 35.5. The summed E-state index contributed by atoms with van der Waals surface area (Å²) in [5.41, 5.74) is 4.78. The number of carbonyl (C=O) groups excluding carboxylic acids is 1. The molecule has 2 atom stereocenters. The van der Waals surface area contributed by atoms with Crippen LogP contribution in [-0.4, -0.2) is 15.7 Å². The van der Waals surface area contributed by atoms with Crippen molar-refractivity contribution in [1.29, 1.82) is 0 Å². The summed E-state index contributed by atoms with van der Waals surface area (Å²) in [6, 6.07) is 27.5. The van der Waals surface area contributed by atoms with Crippen LogP contribution in [0.5, 0.6) is 5.88 Å². The lowest BCUT2D eigenvalue weighted by atomic mass is 9.76. The second-order valence-electron chi connectivity index (χ2n) is 7.80. The summed E-state index contributed by atoms with van der Waals surface area (Å²) in [5.74, 6) is -0.277. The fourth-order valence-corrected chi connectivity index (χ4v) is 4.49. The molecule has 0 aliphatic carbocycles. The number of carbonyl (C=O) groups is 1. The van der Waals surface area contributed by atoms with Crippen molar-refractivity contribution < 1.29 is 9.53 Å². The fraction of sp³-hybridized carbons (Fsp3) is 0.154. The number of rotatable bonds is 4. The van der Waals surface area contributed by atoms with Gasteiger partial charge in [0.15, 0.2) is 0 Å². The van der Waals surface area contributed by atoms with Crippen LogP contribution < -0.4 is 4.74 Å². The summed E-state index contributed by atoms with van der Waals surface area (Å²) < 4.78 is 7.66. The highest BCUT2D eigenvalue weighted by Gasteiger charge is 2.42. The Hall–Kier alpha value is -3.37. The van der Waals surface area contributed by atoms with Gasteiger partial charge < -0.3 is 4.74 Å². The molecule has 5 heteroatoms. The Labute approximate surface area is 186 Å². The minimum atomic E-state index is -0.358.